The highest BCUT2D eigenvalue weighted by atomic mass is 16.5. The van der Waals surface area contributed by atoms with Crippen molar-refractivity contribution in [2.45, 2.75) is 57.3 Å². The predicted octanol–water partition coefficient (Wildman–Crippen LogP) is 3.44. The maximum Gasteiger partial charge on any atom is 0.254 e. The van der Waals surface area contributed by atoms with Crippen LogP contribution in [0.5, 0.6) is 5.75 Å². The fraction of sp³-hybridized carbons (Fsp3) is 0.484. The van der Waals surface area contributed by atoms with Crippen LogP contribution in [0.1, 0.15) is 49.0 Å². The maximum atomic E-state index is 13.8. The molecule has 0 radical (unpaired) electrons. The largest absolute Gasteiger partial charge is 0.494 e. The van der Waals surface area contributed by atoms with Crippen molar-refractivity contribution in [2.24, 2.45) is 17.6 Å². The first-order valence-electron chi connectivity index (χ1n) is 14.8. The summed E-state index contributed by atoms with van der Waals surface area (Å²) in [4.78, 5) is 39.7. The molecular weight excluding hydrogens is 518 g/mol. The van der Waals surface area contributed by atoms with Crippen LogP contribution in [-0.2, 0) is 11.3 Å². The Labute approximate surface area is 238 Å². The zero-order valence-corrected chi connectivity index (χ0v) is 23.5. The van der Waals surface area contributed by atoms with Crippen molar-refractivity contribution in [3.8, 4) is 17.3 Å². The Bertz CT molecular complexity index is 1710. The number of hydrogen-bond donors (Lipinski definition) is 1. The fourth-order valence-corrected chi connectivity index (χ4v) is 7.35. The Balaban J connectivity index is 1.29. The summed E-state index contributed by atoms with van der Waals surface area (Å²) in [5.74, 6) is 2.51. The molecule has 2 saturated heterocycles. The van der Waals surface area contributed by atoms with Gasteiger partial charge in [-0.1, -0.05) is 0 Å². The van der Waals surface area contributed by atoms with E-state index in [4.69, 9.17) is 20.4 Å². The minimum atomic E-state index is -0.0117. The van der Waals surface area contributed by atoms with Gasteiger partial charge in [-0.05, 0) is 67.9 Å². The first kappa shape index (κ1) is 24.8. The summed E-state index contributed by atoms with van der Waals surface area (Å²) >= 11 is 0. The van der Waals surface area contributed by atoms with Crippen LogP contribution in [0.3, 0.4) is 0 Å². The Morgan fingerprint density at radius 2 is 1.93 bits per heavy atom. The number of nitrogens with zero attached hydrogens (tertiary/aromatic N) is 6. The van der Waals surface area contributed by atoms with E-state index in [-0.39, 0.29) is 29.9 Å². The molecule has 212 valence electrons. The Kier molecular flexibility index (Phi) is 5.48. The monoisotopic (exact) mass is 553 g/mol. The van der Waals surface area contributed by atoms with Crippen molar-refractivity contribution in [3.05, 3.63) is 42.1 Å². The lowest BCUT2D eigenvalue weighted by Gasteiger charge is -2.40. The number of piperidine rings is 1. The second kappa shape index (κ2) is 9.04. The number of carbonyl (C=O) groups excluding carboxylic acids is 2. The smallest absolute Gasteiger partial charge is 0.254 e. The molecule has 0 spiro atoms. The molecule has 2 unspecified atom stereocenters. The number of carbonyl (C=O) groups is 2. The van der Waals surface area contributed by atoms with Crippen molar-refractivity contribution in [1.29, 1.82) is 0 Å². The molecule has 5 heterocycles. The number of ether oxygens (including phenoxy) is 1. The number of methoxy groups -OCH3 is 1. The van der Waals surface area contributed by atoms with Crippen molar-refractivity contribution >= 4 is 33.9 Å². The second-order valence-electron chi connectivity index (χ2n) is 12.4. The van der Waals surface area contributed by atoms with Gasteiger partial charge in [0.25, 0.3) is 5.91 Å². The number of imidazole rings is 1. The molecule has 2 aliphatic carbocycles. The zero-order valence-electron chi connectivity index (χ0n) is 23.5. The number of benzene rings is 1. The van der Waals surface area contributed by atoms with Crippen LogP contribution in [0.4, 0.5) is 0 Å². The maximum absolute atomic E-state index is 13.8. The molecule has 2 bridgehead atoms. The average molecular weight is 554 g/mol. The number of aromatic nitrogens is 4. The Morgan fingerprint density at radius 3 is 2.61 bits per heavy atom. The molecule has 2 saturated carbocycles. The molecule has 10 nitrogen and oxygen atoms in total. The number of likely N-dealkylation sites (tertiary alicyclic amines) is 2. The first-order chi connectivity index (χ1) is 19.9. The van der Waals surface area contributed by atoms with E-state index >= 15 is 0 Å². The quantitative estimate of drug-likeness (QED) is 0.392. The summed E-state index contributed by atoms with van der Waals surface area (Å²) < 4.78 is 10.5. The van der Waals surface area contributed by atoms with Gasteiger partial charge in [-0.2, -0.15) is 0 Å². The van der Waals surface area contributed by atoms with E-state index in [9.17, 15) is 9.59 Å². The number of fused-ring (bicyclic) bond motifs is 4. The molecular formula is C31H35N7O3. The average Bonchev–Trinajstić information content (AvgIpc) is 3.29. The number of amides is 2. The summed E-state index contributed by atoms with van der Waals surface area (Å²) in [7, 11) is 1.64. The molecule has 4 fully saturated rings. The minimum absolute atomic E-state index is 0.0117. The summed E-state index contributed by atoms with van der Waals surface area (Å²) in [6.45, 7) is 4.42. The summed E-state index contributed by atoms with van der Waals surface area (Å²) in [5, 5.41) is 1.07. The van der Waals surface area contributed by atoms with E-state index in [1.165, 1.54) is 12.8 Å². The van der Waals surface area contributed by atoms with Crippen LogP contribution in [0.15, 0.2) is 36.5 Å². The van der Waals surface area contributed by atoms with Gasteiger partial charge in [-0.25, -0.2) is 9.97 Å². The lowest BCUT2D eigenvalue weighted by molar-refractivity contribution is -0.134. The lowest BCUT2D eigenvalue weighted by atomic mass is 10.1. The van der Waals surface area contributed by atoms with Crippen LogP contribution in [0.25, 0.3) is 33.6 Å². The van der Waals surface area contributed by atoms with E-state index in [2.05, 4.69) is 21.3 Å². The van der Waals surface area contributed by atoms with Gasteiger partial charge in [0.2, 0.25) is 5.91 Å². The highest BCUT2D eigenvalue weighted by molar-refractivity contribution is 6.00. The van der Waals surface area contributed by atoms with Gasteiger partial charge in [-0.3, -0.25) is 9.59 Å². The highest BCUT2D eigenvalue weighted by Crippen LogP contribution is 2.42. The number of pyridine rings is 1. The predicted molar refractivity (Wildman–Crippen MR) is 155 cm³/mol. The molecule has 10 heteroatoms. The fourth-order valence-electron chi connectivity index (χ4n) is 7.35. The van der Waals surface area contributed by atoms with Crippen LogP contribution >= 0.6 is 0 Å². The topological polar surface area (TPSA) is 112 Å². The van der Waals surface area contributed by atoms with E-state index in [0.717, 1.165) is 47.5 Å². The number of nitrogens with two attached hydrogens (primary N) is 1. The lowest BCUT2D eigenvalue weighted by Crippen LogP contribution is -2.50. The molecule has 41 heavy (non-hydrogen) atoms. The third-order valence-electron chi connectivity index (χ3n) is 9.83. The first-order valence-corrected chi connectivity index (χ1v) is 14.8. The van der Waals surface area contributed by atoms with Gasteiger partial charge in [0.1, 0.15) is 16.9 Å². The molecule has 3 aromatic heterocycles. The molecule has 1 aromatic carbocycles. The van der Waals surface area contributed by atoms with Crippen LogP contribution in [0, 0.1) is 11.8 Å². The Hall–Kier alpha value is -3.92. The summed E-state index contributed by atoms with van der Waals surface area (Å²) in [6, 6.07) is 10.2. The third kappa shape index (κ3) is 3.80. The van der Waals surface area contributed by atoms with Gasteiger partial charge in [0.05, 0.1) is 24.4 Å². The molecule has 4 aromatic rings. The molecule has 2 N–H and O–H groups in total. The van der Waals surface area contributed by atoms with Gasteiger partial charge < -0.3 is 29.4 Å². The standard InChI is InChI=1S/C31H35N7O3/c1-17(39)35-15-22(16-35)38-28-23(10-21(12-26(28)41-2)31(40)37-14-20-7-8-24(37)27(20)32)34-30(38)25-11-19-4-3-9-33-29(19)36(25)13-18-5-6-18/h3-4,9-12,18,20,22,24,27H,5-8,13-16,32H2,1-2H3/t20?,24?,27-/m1/s1. The summed E-state index contributed by atoms with van der Waals surface area (Å²) in [5.41, 5.74) is 10.5. The van der Waals surface area contributed by atoms with Crippen molar-refractivity contribution in [3.63, 3.8) is 0 Å². The van der Waals surface area contributed by atoms with Gasteiger partial charge in [0.15, 0.2) is 5.82 Å². The van der Waals surface area contributed by atoms with E-state index in [0.29, 0.717) is 48.3 Å². The number of rotatable bonds is 6. The molecule has 2 amide bonds. The summed E-state index contributed by atoms with van der Waals surface area (Å²) in [6.07, 6.45) is 6.34. The van der Waals surface area contributed by atoms with Gasteiger partial charge in [-0.15, -0.1) is 0 Å². The second-order valence-corrected chi connectivity index (χ2v) is 12.4. The SMILES string of the molecule is COc1cc(C(=O)N2CC3CCC2[C@@H]3N)cc2nc(-c3cc4cccnc4n3CC3CC3)n(C3CN(C(C)=O)C3)c12. The van der Waals surface area contributed by atoms with Crippen LogP contribution < -0.4 is 10.5 Å². The highest BCUT2D eigenvalue weighted by Gasteiger charge is 2.47. The minimum Gasteiger partial charge on any atom is -0.494 e. The van der Waals surface area contributed by atoms with Gasteiger partial charge in [0, 0.05) is 62.3 Å². The van der Waals surface area contributed by atoms with Crippen LogP contribution in [0.2, 0.25) is 0 Å². The van der Waals surface area contributed by atoms with Crippen molar-refractivity contribution in [1.82, 2.24) is 28.9 Å². The Morgan fingerprint density at radius 1 is 1.10 bits per heavy atom. The van der Waals surface area contributed by atoms with Gasteiger partial charge >= 0.3 is 0 Å². The normalized spacial score (nSPS) is 24.0. The third-order valence-corrected chi connectivity index (χ3v) is 9.83. The molecule has 8 rings (SSSR count). The molecule has 4 aliphatic rings. The van der Waals surface area contributed by atoms with E-state index < -0.39 is 0 Å². The number of hydrogen-bond acceptors (Lipinski definition) is 6. The molecule has 3 atom stereocenters. The van der Waals surface area contributed by atoms with E-state index in [1.54, 1.807) is 14.0 Å². The van der Waals surface area contributed by atoms with Crippen molar-refractivity contribution < 1.29 is 14.3 Å². The van der Waals surface area contributed by atoms with Crippen molar-refractivity contribution in [2.75, 3.05) is 26.7 Å². The van der Waals surface area contributed by atoms with Crippen LogP contribution in [-0.4, -0.2) is 79.5 Å². The zero-order chi connectivity index (χ0) is 28.0. The van der Waals surface area contributed by atoms with E-state index in [1.807, 2.05) is 34.2 Å². The molecule has 2 aliphatic heterocycles.